The van der Waals surface area contributed by atoms with Gasteiger partial charge < -0.3 is 0 Å². The van der Waals surface area contributed by atoms with Gasteiger partial charge in [-0.3, -0.25) is 4.79 Å². The summed E-state index contributed by atoms with van der Waals surface area (Å²) in [5, 5.41) is 0.695. The fourth-order valence-electron chi connectivity index (χ4n) is 2.70. The van der Waals surface area contributed by atoms with Gasteiger partial charge in [-0.15, -0.1) is 11.8 Å². The number of ketones is 1. The lowest BCUT2D eigenvalue weighted by molar-refractivity contribution is -0.114. The monoisotopic (exact) mass is 330 g/mol. The molecule has 0 saturated heterocycles. The van der Waals surface area contributed by atoms with E-state index >= 15 is 0 Å². The average Bonchev–Trinajstić information content (AvgIpc) is 2.74. The van der Waals surface area contributed by atoms with Crippen LogP contribution in [0.25, 0.3) is 5.57 Å². The molecule has 0 N–H and O–H groups in total. The second-order valence-electron chi connectivity index (χ2n) is 5.34. The molecule has 0 spiro atoms. The van der Waals surface area contributed by atoms with Crippen LogP contribution < -0.4 is 0 Å². The Morgan fingerprint density at radius 1 is 1.36 bits per heavy atom. The van der Waals surface area contributed by atoms with Crippen molar-refractivity contribution in [1.29, 1.82) is 0 Å². The molecule has 0 unspecified atom stereocenters. The van der Waals surface area contributed by atoms with Crippen LogP contribution in [-0.4, -0.2) is 27.8 Å². The predicted molar refractivity (Wildman–Crippen MR) is 94.0 cm³/mol. The predicted octanol–water partition coefficient (Wildman–Crippen LogP) is 4.06. The third-order valence-electron chi connectivity index (χ3n) is 3.73. The van der Waals surface area contributed by atoms with E-state index < -0.39 is 0 Å². The molecule has 1 heterocycles. The van der Waals surface area contributed by atoms with Crippen LogP contribution in [0.5, 0.6) is 0 Å². The van der Waals surface area contributed by atoms with E-state index in [0.717, 1.165) is 25.0 Å². The molecular weight excluding hydrogens is 312 g/mol. The molecule has 0 saturated carbocycles. The maximum atomic E-state index is 11.2. The van der Waals surface area contributed by atoms with Crippen LogP contribution in [0.2, 0.25) is 0 Å². The van der Waals surface area contributed by atoms with Gasteiger partial charge in [0.15, 0.2) is 5.16 Å². The third kappa shape index (κ3) is 3.20. The number of thioether (sulfide) groups is 2. The van der Waals surface area contributed by atoms with Crippen molar-refractivity contribution in [2.45, 2.75) is 31.3 Å². The highest BCUT2D eigenvalue weighted by atomic mass is 32.2. The van der Waals surface area contributed by atoms with Gasteiger partial charge in [-0.25, -0.2) is 9.97 Å². The molecular formula is C17H18N2OS2. The van der Waals surface area contributed by atoms with Gasteiger partial charge >= 0.3 is 0 Å². The number of hydrogen-bond donors (Lipinski definition) is 0. The average molecular weight is 330 g/mol. The van der Waals surface area contributed by atoms with Crippen molar-refractivity contribution in [2.75, 3.05) is 12.0 Å². The van der Waals surface area contributed by atoms with Crippen molar-refractivity contribution in [3.05, 3.63) is 46.2 Å². The summed E-state index contributed by atoms with van der Waals surface area (Å²) in [6.45, 7) is 1.59. The molecule has 1 aromatic heterocycles. The fourth-order valence-corrected chi connectivity index (χ4v) is 4.01. The highest BCUT2D eigenvalue weighted by molar-refractivity contribution is 8.02. The number of allylic oxidation sites excluding steroid dienone is 6. The smallest absolute Gasteiger partial charge is 0.188 e. The number of fused-ring (bicyclic) bond motifs is 3. The van der Waals surface area contributed by atoms with Crippen LogP contribution in [-0.2, 0) is 11.2 Å². The normalized spacial score (nSPS) is 16.7. The minimum absolute atomic E-state index is 0.148. The van der Waals surface area contributed by atoms with E-state index in [9.17, 15) is 4.79 Å². The summed E-state index contributed by atoms with van der Waals surface area (Å²) < 4.78 is 0. The first-order chi connectivity index (χ1) is 10.7. The number of aromatic nitrogens is 2. The van der Waals surface area contributed by atoms with Crippen molar-refractivity contribution >= 4 is 34.9 Å². The number of carbonyl (C=O) groups excluding carboxylic acids is 1. The second-order valence-corrected chi connectivity index (χ2v) is 7.19. The van der Waals surface area contributed by atoms with Gasteiger partial charge in [-0.1, -0.05) is 30.0 Å². The third-order valence-corrected chi connectivity index (χ3v) is 5.60. The number of nitrogens with zero attached hydrogens (tertiary/aromatic N) is 2. The molecule has 0 aliphatic heterocycles. The summed E-state index contributed by atoms with van der Waals surface area (Å²) in [4.78, 5) is 21.7. The highest BCUT2D eigenvalue weighted by Gasteiger charge is 2.24. The molecule has 0 atom stereocenters. The molecule has 22 heavy (non-hydrogen) atoms. The first-order valence-corrected chi connectivity index (χ1v) is 9.52. The Hall–Kier alpha value is -1.33. The lowest BCUT2D eigenvalue weighted by Gasteiger charge is -2.23. The maximum Gasteiger partial charge on any atom is 0.188 e. The molecule has 114 valence electrons. The van der Waals surface area contributed by atoms with Crippen molar-refractivity contribution in [3.63, 3.8) is 0 Å². The largest absolute Gasteiger partial charge is 0.299 e. The topological polar surface area (TPSA) is 42.9 Å². The maximum absolute atomic E-state index is 11.2. The zero-order chi connectivity index (χ0) is 15.5. The summed E-state index contributed by atoms with van der Waals surface area (Å²) in [5.74, 6) is 0.576. The molecule has 1 aromatic rings. The lowest BCUT2D eigenvalue weighted by Crippen LogP contribution is -2.10. The van der Waals surface area contributed by atoms with Crippen molar-refractivity contribution in [2.24, 2.45) is 0 Å². The number of aryl methyl sites for hydroxylation is 1. The standard InChI is InChI=1S/C17H18N2OS2/c1-11(20)10-22-17-18-9-13-8-7-12-5-3-4-6-14(21-2)15(12)16(13)19-17/h3-5,9H,6-8,10H2,1-2H3. The molecule has 0 bridgehead atoms. The van der Waals surface area contributed by atoms with Gasteiger partial charge in [-0.2, -0.15) is 0 Å². The molecule has 3 nitrogen and oxygen atoms in total. The molecule has 2 aliphatic carbocycles. The molecule has 0 radical (unpaired) electrons. The van der Waals surface area contributed by atoms with E-state index in [0.29, 0.717) is 10.9 Å². The van der Waals surface area contributed by atoms with Gasteiger partial charge in [0.25, 0.3) is 0 Å². The van der Waals surface area contributed by atoms with Crippen LogP contribution in [0.1, 0.15) is 31.0 Å². The Labute approximate surface area is 139 Å². The molecule has 0 fully saturated rings. The van der Waals surface area contributed by atoms with Crippen molar-refractivity contribution in [3.8, 4) is 0 Å². The number of rotatable bonds is 4. The van der Waals surface area contributed by atoms with Crippen molar-refractivity contribution < 1.29 is 4.79 Å². The van der Waals surface area contributed by atoms with Gasteiger partial charge in [0, 0.05) is 11.8 Å². The zero-order valence-corrected chi connectivity index (χ0v) is 14.4. The number of hydrogen-bond acceptors (Lipinski definition) is 5. The Kier molecular flexibility index (Phi) is 4.84. The first-order valence-electron chi connectivity index (χ1n) is 7.30. The minimum Gasteiger partial charge on any atom is -0.299 e. The summed E-state index contributed by atoms with van der Waals surface area (Å²) >= 11 is 3.22. The van der Waals surface area contributed by atoms with Gasteiger partial charge in [0.05, 0.1) is 11.4 Å². The Balaban J connectivity index is 2.04. The lowest BCUT2D eigenvalue weighted by atomic mass is 9.87. The van der Waals surface area contributed by atoms with Gasteiger partial charge in [-0.05, 0) is 48.5 Å². The minimum atomic E-state index is 0.148. The highest BCUT2D eigenvalue weighted by Crippen LogP contribution is 2.41. The quantitative estimate of drug-likeness (QED) is 0.615. The van der Waals surface area contributed by atoms with Crippen LogP contribution in [0, 0.1) is 0 Å². The molecule has 5 heteroatoms. The Bertz CT molecular complexity index is 705. The van der Waals surface area contributed by atoms with E-state index in [4.69, 9.17) is 4.98 Å². The van der Waals surface area contributed by atoms with E-state index in [1.807, 2.05) is 6.20 Å². The van der Waals surface area contributed by atoms with Crippen LogP contribution in [0.3, 0.4) is 0 Å². The van der Waals surface area contributed by atoms with E-state index in [2.05, 4.69) is 29.5 Å². The van der Waals surface area contributed by atoms with E-state index in [1.54, 1.807) is 18.7 Å². The van der Waals surface area contributed by atoms with Crippen LogP contribution in [0.4, 0.5) is 0 Å². The van der Waals surface area contributed by atoms with E-state index in [1.165, 1.54) is 33.4 Å². The van der Waals surface area contributed by atoms with Crippen molar-refractivity contribution in [1.82, 2.24) is 9.97 Å². The SMILES string of the molecule is CSC1=C2C(=CC=CC1)CCc1cnc(SCC(C)=O)nc12. The fraction of sp³-hybridized carbons (Fsp3) is 0.353. The molecule has 2 aliphatic rings. The Morgan fingerprint density at radius 2 is 2.23 bits per heavy atom. The molecule has 3 rings (SSSR count). The van der Waals surface area contributed by atoms with Crippen LogP contribution >= 0.6 is 23.5 Å². The van der Waals surface area contributed by atoms with Gasteiger partial charge in [0.1, 0.15) is 5.78 Å². The van der Waals surface area contributed by atoms with E-state index in [-0.39, 0.29) is 5.78 Å². The zero-order valence-electron chi connectivity index (χ0n) is 12.8. The first kappa shape index (κ1) is 15.6. The summed E-state index contributed by atoms with van der Waals surface area (Å²) in [5.41, 5.74) is 4.93. The summed E-state index contributed by atoms with van der Waals surface area (Å²) in [6, 6.07) is 0. The number of Topliss-reactive ketones (excluding diaryl/α,β-unsaturated/α-hetero) is 1. The summed E-state index contributed by atoms with van der Waals surface area (Å²) in [6.07, 6.45) is 13.6. The second kappa shape index (κ2) is 6.84. The molecule has 0 aromatic carbocycles. The summed E-state index contributed by atoms with van der Waals surface area (Å²) in [7, 11) is 0. The number of carbonyl (C=O) groups is 1. The molecule has 0 amide bonds. The van der Waals surface area contributed by atoms with Gasteiger partial charge in [0.2, 0.25) is 0 Å². The van der Waals surface area contributed by atoms with Crippen LogP contribution in [0.15, 0.2) is 40.1 Å². The Morgan fingerprint density at radius 3 is 3.00 bits per heavy atom.